The summed E-state index contributed by atoms with van der Waals surface area (Å²) in [7, 11) is 1.90. The Morgan fingerprint density at radius 2 is 1.73 bits per heavy atom. The van der Waals surface area contributed by atoms with Crippen LogP contribution in [0.25, 0.3) is 0 Å². The van der Waals surface area contributed by atoms with E-state index in [-0.39, 0.29) is 0 Å². The highest BCUT2D eigenvalue weighted by atomic mass is 15.3. The average molecular weight is 358 g/mol. The van der Waals surface area contributed by atoms with E-state index in [0.717, 1.165) is 32.0 Å². The van der Waals surface area contributed by atoms with E-state index in [1.54, 1.807) is 0 Å². The Labute approximate surface area is 159 Å². The van der Waals surface area contributed by atoms with Crippen molar-refractivity contribution in [3.05, 3.63) is 35.4 Å². The van der Waals surface area contributed by atoms with Gasteiger partial charge in [-0.2, -0.15) is 0 Å². The number of nitrogens with zero attached hydrogens (tertiary/aromatic N) is 4. The number of hydrogen-bond donors (Lipinski definition) is 1. The van der Waals surface area contributed by atoms with Crippen molar-refractivity contribution in [1.82, 2.24) is 20.0 Å². The van der Waals surface area contributed by atoms with Crippen molar-refractivity contribution >= 4 is 5.96 Å². The molecule has 0 aromatic heterocycles. The predicted octanol–water partition coefficient (Wildman–Crippen LogP) is 2.04. The van der Waals surface area contributed by atoms with Gasteiger partial charge in [-0.05, 0) is 43.5 Å². The second-order valence-corrected chi connectivity index (χ2v) is 7.40. The number of likely N-dealkylation sites (N-methyl/N-ethyl adjacent to an activating group) is 1. The molecule has 1 aromatic rings. The van der Waals surface area contributed by atoms with Crippen molar-refractivity contribution in [2.45, 2.75) is 32.7 Å². The summed E-state index contributed by atoms with van der Waals surface area (Å²) < 4.78 is 0. The van der Waals surface area contributed by atoms with Gasteiger partial charge in [-0.3, -0.25) is 4.99 Å². The smallest absolute Gasteiger partial charge is 0.193 e. The molecule has 0 amide bonds. The SMILES string of the molecule is CCN1CCN(CCCCNC(=NC)N2CCc3ccccc3C2)CC1. The van der Waals surface area contributed by atoms with Crippen molar-refractivity contribution in [1.29, 1.82) is 0 Å². The Morgan fingerprint density at radius 3 is 2.46 bits per heavy atom. The molecule has 0 bridgehead atoms. The quantitative estimate of drug-likeness (QED) is 0.480. The zero-order valence-electron chi connectivity index (χ0n) is 16.6. The molecule has 0 atom stereocenters. The van der Waals surface area contributed by atoms with Crippen LogP contribution in [0.2, 0.25) is 0 Å². The van der Waals surface area contributed by atoms with Crippen LogP contribution in [0.4, 0.5) is 0 Å². The Kier molecular flexibility index (Phi) is 7.32. The number of guanidine groups is 1. The zero-order chi connectivity index (χ0) is 18.2. The van der Waals surface area contributed by atoms with Gasteiger partial charge in [0.2, 0.25) is 0 Å². The minimum Gasteiger partial charge on any atom is -0.356 e. The molecule has 2 aliphatic rings. The number of piperazine rings is 1. The monoisotopic (exact) mass is 357 g/mol. The summed E-state index contributed by atoms with van der Waals surface area (Å²) in [4.78, 5) is 12.0. The van der Waals surface area contributed by atoms with Crippen LogP contribution in [-0.2, 0) is 13.0 Å². The minimum absolute atomic E-state index is 0.970. The Bertz CT molecular complexity index is 578. The summed E-state index contributed by atoms with van der Waals surface area (Å²) in [6, 6.07) is 8.78. The fourth-order valence-corrected chi connectivity index (χ4v) is 4.00. The summed E-state index contributed by atoms with van der Waals surface area (Å²) in [6.07, 6.45) is 3.58. The van der Waals surface area contributed by atoms with Gasteiger partial charge < -0.3 is 20.0 Å². The van der Waals surface area contributed by atoms with Crippen molar-refractivity contribution in [2.75, 3.05) is 59.4 Å². The summed E-state index contributed by atoms with van der Waals surface area (Å²) in [6.45, 7) is 12.7. The molecule has 1 aromatic carbocycles. The zero-order valence-corrected chi connectivity index (χ0v) is 16.6. The number of benzene rings is 1. The lowest BCUT2D eigenvalue weighted by molar-refractivity contribution is 0.136. The lowest BCUT2D eigenvalue weighted by Crippen LogP contribution is -2.46. The first-order valence-electron chi connectivity index (χ1n) is 10.3. The third kappa shape index (κ3) is 5.21. The average Bonchev–Trinajstić information content (AvgIpc) is 2.71. The van der Waals surface area contributed by atoms with Crippen molar-refractivity contribution in [2.24, 2.45) is 4.99 Å². The molecule has 5 heteroatoms. The van der Waals surface area contributed by atoms with Gasteiger partial charge in [-0.15, -0.1) is 0 Å². The molecule has 2 heterocycles. The molecule has 0 saturated carbocycles. The van der Waals surface area contributed by atoms with E-state index < -0.39 is 0 Å². The van der Waals surface area contributed by atoms with Gasteiger partial charge in [-0.1, -0.05) is 31.2 Å². The maximum absolute atomic E-state index is 4.51. The number of unbranched alkanes of at least 4 members (excludes halogenated alkanes) is 1. The molecule has 144 valence electrons. The second-order valence-electron chi connectivity index (χ2n) is 7.40. The molecule has 2 aliphatic heterocycles. The number of fused-ring (bicyclic) bond motifs is 1. The molecule has 3 rings (SSSR count). The Morgan fingerprint density at radius 1 is 1.00 bits per heavy atom. The van der Waals surface area contributed by atoms with Crippen LogP contribution in [-0.4, -0.2) is 80.1 Å². The lowest BCUT2D eigenvalue weighted by Gasteiger charge is -2.34. The molecule has 26 heavy (non-hydrogen) atoms. The molecular weight excluding hydrogens is 322 g/mol. The molecule has 0 aliphatic carbocycles. The molecule has 5 nitrogen and oxygen atoms in total. The second kappa shape index (κ2) is 9.93. The first-order valence-corrected chi connectivity index (χ1v) is 10.3. The van der Waals surface area contributed by atoms with E-state index in [2.05, 4.69) is 56.2 Å². The van der Waals surface area contributed by atoms with E-state index in [0.29, 0.717) is 0 Å². The largest absolute Gasteiger partial charge is 0.356 e. The molecular formula is C21H35N5. The number of rotatable bonds is 6. The number of aliphatic imine (C=N–C) groups is 1. The van der Waals surface area contributed by atoms with Crippen LogP contribution in [0, 0.1) is 0 Å². The highest BCUT2D eigenvalue weighted by Gasteiger charge is 2.18. The van der Waals surface area contributed by atoms with Gasteiger partial charge in [0.1, 0.15) is 0 Å². The van der Waals surface area contributed by atoms with Gasteiger partial charge in [0.05, 0.1) is 0 Å². The van der Waals surface area contributed by atoms with Crippen LogP contribution in [0.3, 0.4) is 0 Å². The lowest BCUT2D eigenvalue weighted by atomic mass is 10.0. The van der Waals surface area contributed by atoms with Gasteiger partial charge in [0, 0.05) is 52.9 Å². The van der Waals surface area contributed by atoms with Crippen LogP contribution in [0.5, 0.6) is 0 Å². The van der Waals surface area contributed by atoms with Crippen LogP contribution in [0.1, 0.15) is 30.9 Å². The standard InChI is InChI=1S/C21H35N5/c1-3-24-14-16-25(17-15-24)12-7-6-11-23-21(22-2)26-13-10-19-8-4-5-9-20(19)18-26/h4-5,8-9H,3,6-7,10-18H2,1-2H3,(H,22,23). The fraction of sp³-hybridized carbons (Fsp3) is 0.667. The van der Waals surface area contributed by atoms with Crippen LogP contribution < -0.4 is 5.32 Å². The predicted molar refractivity (Wildman–Crippen MR) is 110 cm³/mol. The van der Waals surface area contributed by atoms with E-state index in [4.69, 9.17) is 0 Å². The minimum atomic E-state index is 0.970. The molecule has 1 fully saturated rings. The highest BCUT2D eigenvalue weighted by molar-refractivity contribution is 5.80. The summed E-state index contributed by atoms with van der Waals surface area (Å²) in [5.74, 6) is 1.05. The Hall–Kier alpha value is -1.59. The Balaban J connectivity index is 1.34. The third-order valence-corrected chi connectivity index (χ3v) is 5.74. The van der Waals surface area contributed by atoms with E-state index in [1.165, 1.54) is 63.2 Å². The first kappa shape index (κ1) is 19.2. The normalized spacial score (nSPS) is 19.5. The van der Waals surface area contributed by atoms with Gasteiger partial charge >= 0.3 is 0 Å². The first-order chi connectivity index (χ1) is 12.8. The van der Waals surface area contributed by atoms with E-state index in [1.807, 2.05) is 7.05 Å². The number of nitrogens with one attached hydrogen (secondary N) is 1. The topological polar surface area (TPSA) is 34.1 Å². The fourth-order valence-electron chi connectivity index (χ4n) is 4.00. The summed E-state index contributed by atoms with van der Waals surface area (Å²) in [5, 5.41) is 3.57. The van der Waals surface area contributed by atoms with Crippen molar-refractivity contribution in [3.63, 3.8) is 0 Å². The van der Waals surface area contributed by atoms with Crippen molar-refractivity contribution in [3.8, 4) is 0 Å². The molecule has 0 radical (unpaired) electrons. The van der Waals surface area contributed by atoms with Gasteiger partial charge in [0.15, 0.2) is 5.96 Å². The van der Waals surface area contributed by atoms with Crippen molar-refractivity contribution < 1.29 is 0 Å². The third-order valence-electron chi connectivity index (χ3n) is 5.74. The number of hydrogen-bond acceptors (Lipinski definition) is 3. The maximum Gasteiger partial charge on any atom is 0.193 e. The molecule has 1 N–H and O–H groups in total. The highest BCUT2D eigenvalue weighted by Crippen LogP contribution is 2.18. The maximum atomic E-state index is 4.51. The van der Waals surface area contributed by atoms with Crippen LogP contribution in [0.15, 0.2) is 29.3 Å². The van der Waals surface area contributed by atoms with Crippen LogP contribution >= 0.6 is 0 Å². The van der Waals surface area contributed by atoms with E-state index >= 15 is 0 Å². The molecule has 0 unspecified atom stereocenters. The van der Waals surface area contributed by atoms with E-state index in [9.17, 15) is 0 Å². The van der Waals surface area contributed by atoms with Gasteiger partial charge in [0.25, 0.3) is 0 Å². The summed E-state index contributed by atoms with van der Waals surface area (Å²) in [5.41, 5.74) is 2.93. The summed E-state index contributed by atoms with van der Waals surface area (Å²) >= 11 is 0. The van der Waals surface area contributed by atoms with Gasteiger partial charge in [-0.25, -0.2) is 0 Å². The molecule has 0 spiro atoms. The molecule has 1 saturated heterocycles.